The largest absolute Gasteiger partial charge is 0.481 e. The molecule has 1 fully saturated rings. The van der Waals surface area contributed by atoms with E-state index < -0.39 is 27.0 Å². The Morgan fingerprint density at radius 3 is 2.71 bits per heavy atom. The monoisotopic (exact) mass is 437 g/mol. The van der Waals surface area contributed by atoms with Gasteiger partial charge in [0.25, 0.3) is 0 Å². The van der Waals surface area contributed by atoms with E-state index in [4.69, 9.17) is 0 Å². The van der Waals surface area contributed by atoms with Gasteiger partial charge in [-0.2, -0.15) is 0 Å². The summed E-state index contributed by atoms with van der Waals surface area (Å²) >= 11 is 2.50. The molecule has 0 aliphatic carbocycles. The number of carboxylic acids is 1. The zero-order valence-corrected chi connectivity index (χ0v) is 17.6. The number of carbonyl (C=O) groups is 1. The molecular formula is C19H19NO5S3. The minimum Gasteiger partial charge on any atom is -0.481 e. The second-order valence-electron chi connectivity index (χ2n) is 7.11. The van der Waals surface area contributed by atoms with E-state index in [0.29, 0.717) is 24.1 Å². The van der Waals surface area contributed by atoms with Crippen molar-refractivity contribution in [1.29, 1.82) is 0 Å². The van der Waals surface area contributed by atoms with E-state index in [1.165, 1.54) is 22.7 Å². The van der Waals surface area contributed by atoms with Crippen molar-refractivity contribution >= 4 is 48.7 Å². The molecule has 28 heavy (non-hydrogen) atoms. The van der Waals surface area contributed by atoms with E-state index in [1.807, 2.05) is 24.3 Å². The Bertz CT molecular complexity index is 1230. The van der Waals surface area contributed by atoms with Crippen molar-refractivity contribution in [3.05, 3.63) is 44.9 Å². The van der Waals surface area contributed by atoms with Gasteiger partial charge in [-0.15, -0.1) is 11.3 Å². The molecule has 148 valence electrons. The molecule has 0 amide bonds. The van der Waals surface area contributed by atoms with Crippen molar-refractivity contribution in [2.45, 2.75) is 30.4 Å². The fourth-order valence-electron chi connectivity index (χ4n) is 3.88. The first-order valence-corrected chi connectivity index (χ1v) is 12.2. The molecule has 0 radical (unpaired) electrons. The lowest BCUT2D eigenvalue weighted by Gasteiger charge is -2.34. The highest BCUT2D eigenvalue weighted by molar-refractivity contribution is 7.92. The summed E-state index contributed by atoms with van der Waals surface area (Å²) in [6.45, 7) is 0. The molecule has 0 unspecified atom stereocenters. The van der Waals surface area contributed by atoms with Crippen LogP contribution in [0, 0.1) is 0 Å². The molecule has 4 rings (SSSR count). The van der Waals surface area contributed by atoms with E-state index in [-0.39, 0.29) is 10.6 Å². The van der Waals surface area contributed by atoms with Gasteiger partial charge >= 0.3 is 10.8 Å². The number of carboxylic acid groups (broad SMARTS) is 1. The Hall–Kier alpha value is -1.97. The Balaban J connectivity index is 1.81. The third kappa shape index (κ3) is 3.01. The molecule has 1 aromatic carbocycles. The summed E-state index contributed by atoms with van der Waals surface area (Å²) in [4.78, 5) is 24.8. The maximum absolute atomic E-state index is 12.9. The summed E-state index contributed by atoms with van der Waals surface area (Å²) in [6, 6.07) is 9.32. The van der Waals surface area contributed by atoms with Crippen LogP contribution in [0.4, 0.5) is 0 Å². The van der Waals surface area contributed by atoms with Crippen molar-refractivity contribution in [2.24, 2.45) is 7.05 Å². The molecule has 1 aliphatic heterocycles. The number of thiazole rings is 1. The highest BCUT2D eigenvalue weighted by Crippen LogP contribution is 2.47. The predicted octanol–water partition coefficient (Wildman–Crippen LogP) is 3.60. The molecule has 1 aliphatic rings. The summed E-state index contributed by atoms with van der Waals surface area (Å²) in [5, 5.41) is 9.40. The normalized spacial score (nSPS) is 21.8. The molecule has 0 bridgehead atoms. The minimum absolute atomic E-state index is 0.0252. The van der Waals surface area contributed by atoms with Gasteiger partial charge in [0, 0.05) is 16.8 Å². The first-order chi connectivity index (χ1) is 13.2. The quantitative estimate of drug-likeness (QED) is 0.673. The highest BCUT2D eigenvalue weighted by Gasteiger charge is 2.49. The van der Waals surface area contributed by atoms with Gasteiger partial charge in [-0.25, -0.2) is 8.42 Å². The Morgan fingerprint density at radius 1 is 1.21 bits per heavy atom. The SMILES string of the molecule is Cn1c(=O)sc2cc(-c3ccc([C@@]4(CC(=O)O)CCCCS4(=O)=O)s3)ccc21. The topological polar surface area (TPSA) is 93.4 Å². The second kappa shape index (κ2) is 6.82. The Kier molecular flexibility index (Phi) is 4.71. The van der Waals surface area contributed by atoms with Crippen LogP contribution < -0.4 is 4.87 Å². The van der Waals surface area contributed by atoms with Gasteiger partial charge in [0.15, 0.2) is 9.84 Å². The fraction of sp³-hybridized carbons (Fsp3) is 0.368. The molecule has 9 heteroatoms. The number of rotatable bonds is 4. The van der Waals surface area contributed by atoms with Crippen LogP contribution in [0.2, 0.25) is 0 Å². The van der Waals surface area contributed by atoms with Crippen LogP contribution in [0.5, 0.6) is 0 Å². The minimum atomic E-state index is -3.55. The van der Waals surface area contributed by atoms with Gasteiger partial charge in [-0.05, 0) is 42.7 Å². The number of aliphatic carboxylic acids is 1. The Morgan fingerprint density at radius 2 is 2.00 bits per heavy atom. The molecule has 1 atom stereocenters. The number of aryl methyl sites for hydroxylation is 1. The Labute approximate surface area is 170 Å². The van der Waals surface area contributed by atoms with E-state index in [1.54, 1.807) is 17.7 Å². The number of sulfone groups is 1. The zero-order valence-electron chi connectivity index (χ0n) is 15.2. The lowest BCUT2D eigenvalue weighted by atomic mass is 9.95. The number of benzene rings is 1. The number of hydrogen-bond donors (Lipinski definition) is 1. The van der Waals surface area contributed by atoms with Gasteiger partial charge in [0.05, 0.1) is 22.4 Å². The third-order valence-electron chi connectivity index (χ3n) is 5.41. The number of fused-ring (bicyclic) bond motifs is 1. The van der Waals surface area contributed by atoms with E-state index in [9.17, 15) is 23.1 Å². The van der Waals surface area contributed by atoms with Crippen LogP contribution in [0.25, 0.3) is 20.7 Å². The number of nitrogens with zero attached hydrogens (tertiary/aromatic N) is 1. The fourth-order valence-corrected chi connectivity index (χ4v) is 8.57. The lowest BCUT2D eigenvalue weighted by molar-refractivity contribution is -0.137. The smallest absolute Gasteiger partial charge is 0.307 e. The number of thiophene rings is 1. The van der Waals surface area contributed by atoms with Crippen molar-refractivity contribution in [2.75, 3.05) is 5.75 Å². The molecular weight excluding hydrogens is 418 g/mol. The van der Waals surface area contributed by atoms with Gasteiger partial charge < -0.3 is 9.67 Å². The average Bonchev–Trinajstić information content (AvgIpc) is 3.22. The van der Waals surface area contributed by atoms with Crippen molar-refractivity contribution in [3.63, 3.8) is 0 Å². The summed E-state index contributed by atoms with van der Waals surface area (Å²) in [6.07, 6.45) is 1.20. The van der Waals surface area contributed by atoms with Crippen LogP contribution in [-0.2, 0) is 26.4 Å². The number of hydrogen-bond acceptors (Lipinski definition) is 6. The summed E-state index contributed by atoms with van der Waals surface area (Å²) < 4.78 is 26.9. The van der Waals surface area contributed by atoms with Crippen molar-refractivity contribution < 1.29 is 18.3 Å². The van der Waals surface area contributed by atoms with E-state index in [0.717, 1.165) is 20.7 Å². The predicted molar refractivity (Wildman–Crippen MR) is 112 cm³/mol. The zero-order chi connectivity index (χ0) is 20.1. The van der Waals surface area contributed by atoms with Gasteiger partial charge in [0.1, 0.15) is 4.75 Å². The first kappa shape index (κ1) is 19.4. The maximum Gasteiger partial charge on any atom is 0.307 e. The van der Waals surface area contributed by atoms with E-state index in [2.05, 4.69) is 0 Å². The molecule has 0 spiro atoms. The molecule has 2 aromatic heterocycles. The lowest BCUT2D eigenvalue weighted by Crippen LogP contribution is -2.41. The molecule has 1 N–H and O–H groups in total. The van der Waals surface area contributed by atoms with Gasteiger partial charge in [-0.3, -0.25) is 9.59 Å². The molecule has 0 saturated carbocycles. The average molecular weight is 438 g/mol. The summed E-state index contributed by atoms with van der Waals surface area (Å²) in [7, 11) is -1.82. The number of aromatic nitrogens is 1. The van der Waals surface area contributed by atoms with Gasteiger partial charge in [0.2, 0.25) is 0 Å². The third-order valence-corrected chi connectivity index (χ3v) is 10.5. The maximum atomic E-state index is 12.9. The van der Waals surface area contributed by atoms with Crippen LogP contribution in [0.1, 0.15) is 30.6 Å². The van der Waals surface area contributed by atoms with Crippen molar-refractivity contribution in [3.8, 4) is 10.4 Å². The van der Waals surface area contributed by atoms with E-state index >= 15 is 0 Å². The van der Waals surface area contributed by atoms with Crippen LogP contribution in [0.3, 0.4) is 0 Å². The standard InChI is InChI=1S/C19H19NO5S3/c1-20-13-5-4-12(10-15(13)27-18(20)23)14-6-7-16(26-14)19(11-17(21)22)8-2-3-9-28(19,24)25/h4-7,10H,2-3,8-9,11H2,1H3,(H,21,22)/t19-/m0/s1. The summed E-state index contributed by atoms with van der Waals surface area (Å²) in [5.74, 6) is -1.08. The molecule has 1 saturated heterocycles. The highest BCUT2D eigenvalue weighted by atomic mass is 32.2. The van der Waals surface area contributed by atoms with Crippen LogP contribution in [0.15, 0.2) is 35.1 Å². The molecule has 3 heterocycles. The first-order valence-electron chi connectivity index (χ1n) is 8.88. The second-order valence-corrected chi connectivity index (χ2v) is 11.6. The van der Waals surface area contributed by atoms with Gasteiger partial charge in [-0.1, -0.05) is 23.8 Å². The van der Waals surface area contributed by atoms with Crippen LogP contribution >= 0.6 is 22.7 Å². The summed E-state index contributed by atoms with van der Waals surface area (Å²) in [5.41, 5.74) is 1.75. The molecule has 3 aromatic rings. The van der Waals surface area contributed by atoms with Crippen LogP contribution in [-0.4, -0.2) is 29.8 Å². The molecule has 6 nitrogen and oxygen atoms in total. The van der Waals surface area contributed by atoms with Crippen molar-refractivity contribution in [1.82, 2.24) is 4.57 Å².